The largest absolute Gasteiger partial charge is 0.394 e. The molecule has 3 saturated heterocycles. The Morgan fingerprint density at radius 1 is 1.22 bits per heavy atom. The van der Waals surface area contributed by atoms with Crippen LogP contribution in [0.15, 0.2) is 48.5 Å². The van der Waals surface area contributed by atoms with E-state index >= 15 is 0 Å². The normalized spacial score (nSPS) is 30.8. The molecule has 3 N–H and O–H groups in total. The summed E-state index contributed by atoms with van der Waals surface area (Å²) in [4.78, 5) is 42.9. The maximum Gasteiger partial charge on any atom is 0.248 e. The Morgan fingerprint density at radius 2 is 1.95 bits per heavy atom. The van der Waals surface area contributed by atoms with Gasteiger partial charge in [-0.1, -0.05) is 70.0 Å². The average molecular weight is 607 g/mol. The lowest BCUT2D eigenvalue weighted by molar-refractivity contribution is -0.141. The van der Waals surface area contributed by atoms with Crippen molar-refractivity contribution in [1.29, 1.82) is 0 Å². The van der Waals surface area contributed by atoms with E-state index in [0.717, 1.165) is 11.1 Å². The van der Waals surface area contributed by atoms with Gasteiger partial charge in [0.25, 0.3) is 0 Å². The van der Waals surface area contributed by atoms with Crippen LogP contribution < -0.4 is 10.6 Å². The van der Waals surface area contributed by atoms with Gasteiger partial charge in [-0.3, -0.25) is 14.4 Å². The van der Waals surface area contributed by atoms with E-state index in [1.807, 2.05) is 49.4 Å². The minimum atomic E-state index is -0.883. The molecule has 3 amide bonds. The zero-order chi connectivity index (χ0) is 26.5. The van der Waals surface area contributed by atoms with Crippen LogP contribution in [0.25, 0.3) is 0 Å². The highest BCUT2D eigenvalue weighted by molar-refractivity contribution is 9.09. The molecule has 7 atom stereocenters. The summed E-state index contributed by atoms with van der Waals surface area (Å²) in [5.74, 6) is -2.05. The minimum Gasteiger partial charge on any atom is -0.394 e. The molecular formula is C27H29BrClN3O4S. The lowest BCUT2D eigenvalue weighted by atomic mass is 9.70. The second kappa shape index (κ2) is 10.2. The zero-order valence-corrected chi connectivity index (χ0v) is 23.6. The first-order valence-electron chi connectivity index (χ1n) is 12.3. The summed E-state index contributed by atoms with van der Waals surface area (Å²) >= 11 is 11.7. The zero-order valence-electron chi connectivity index (χ0n) is 20.5. The molecule has 3 fully saturated rings. The van der Waals surface area contributed by atoms with Crippen molar-refractivity contribution in [3.8, 4) is 0 Å². The fourth-order valence-corrected chi connectivity index (χ4v) is 10.2. The molecule has 1 spiro atoms. The molecular weight excluding hydrogens is 578 g/mol. The van der Waals surface area contributed by atoms with Gasteiger partial charge in [0.15, 0.2) is 0 Å². The van der Waals surface area contributed by atoms with Crippen LogP contribution in [0.3, 0.4) is 0 Å². The molecule has 2 aromatic rings. The number of alkyl halides is 1. The second-order valence-corrected chi connectivity index (χ2v) is 13.1. The van der Waals surface area contributed by atoms with Gasteiger partial charge in [0.2, 0.25) is 17.7 Å². The monoisotopic (exact) mass is 605 g/mol. The Kier molecular flexibility index (Phi) is 7.35. The van der Waals surface area contributed by atoms with Crippen molar-refractivity contribution in [2.45, 2.75) is 46.7 Å². The van der Waals surface area contributed by atoms with Gasteiger partial charge >= 0.3 is 0 Å². The molecule has 2 aromatic carbocycles. The number of aryl methyl sites for hydroxylation is 1. The van der Waals surface area contributed by atoms with Gasteiger partial charge in [-0.05, 0) is 37.0 Å². The van der Waals surface area contributed by atoms with Crippen molar-refractivity contribution in [3.63, 3.8) is 0 Å². The van der Waals surface area contributed by atoms with Crippen molar-refractivity contribution in [2.75, 3.05) is 19.0 Å². The van der Waals surface area contributed by atoms with Crippen molar-refractivity contribution in [3.05, 3.63) is 64.7 Å². The number of halogens is 2. The number of aliphatic hydroxyl groups excluding tert-OH is 1. The first-order chi connectivity index (χ1) is 17.7. The number of thioether (sulfide) groups is 1. The van der Waals surface area contributed by atoms with Crippen molar-refractivity contribution < 1.29 is 19.5 Å². The summed E-state index contributed by atoms with van der Waals surface area (Å²) < 4.78 is -0.809. The first-order valence-corrected chi connectivity index (χ1v) is 14.5. The number of carbonyl (C=O) groups is 3. The molecule has 3 unspecified atom stereocenters. The van der Waals surface area contributed by atoms with Crippen LogP contribution in [0.4, 0.5) is 5.69 Å². The van der Waals surface area contributed by atoms with E-state index in [1.165, 1.54) is 0 Å². The Bertz CT molecular complexity index is 1210. The van der Waals surface area contributed by atoms with Gasteiger partial charge in [0.05, 0.1) is 39.9 Å². The molecule has 37 heavy (non-hydrogen) atoms. The highest BCUT2D eigenvalue weighted by Gasteiger charge is 2.76. The van der Waals surface area contributed by atoms with E-state index in [0.29, 0.717) is 23.6 Å². The van der Waals surface area contributed by atoms with Crippen LogP contribution in [-0.4, -0.2) is 68.3 Å². The fraction of sp³-hybridized carbons (Fsp3) is 0.444. The van der Waals surface area contributed by atoms with Gasteiger partial charge in [-0.25, -0.2) is 0 Å². The summed E-state index contributed by atoms with van der Waals surface area (Å²) in [5, 5.41) is 16.5. The third kappa shape index (κ3) is 4.28. The number of fused-ring (bicyclic) bond motifs is 1. The van der Waals surface area contributed by atoms with Gasteiger partial charge in [-0.15, -0.1) is 11.8 Å². The Hall–Kier alpha value is -2.07. The Labute approximate surface area is 233 Å². The second-order valence-electron chi connectivity index (χ2n) is 9.97. The number of hydrogen-bond acceptors (Lipinski definition) is 5. The van der Waals surface area contributed by atoms with E-state index in [9.17, 15) is 19.5 Å². The molecule has 0 aliphatic carbocycles. The number of hydrogen-bond donors (Lipinski definition) is 3. The number of para-hydroxylation sites is 1. The molecule has 0 saturated carbocycles. The standard InChI is InChI=1S/C27H29BrClN3O4S/c1-14-7-6-10-18(29)21(14)31-25(35)23-27-12-17(28)22(37-27)19(24(34)30-2)20(27)26(36)32(23)16(13-33)11-15-8-4-3-5-9-15/h3-10,16-17,19-20,22-23,33H,11-13H2,1-2H3,(H,30,34)(H,31,35)/t16-,17?,19+,20+,22+,23?,27?/m1/s1. The van der Waals surface area contributed by atoms with Crippen LogP contribution >= 0.6 is 39.3 Å². The molecule has 3 heterocycles. The molecule has 0 aromatic heterocycles. The lowest BCUT2D eigenvalue weighted by Crippen LogP contribution is -2.55. The average Bonchev–Trinajstić information content (AvgIpc) is 3.48. The predicted octanol–water partition coefficient (Wildman–Crippen LogP) is 3.40. The molecule has 0 radical (unpaired) electrons. The van der Waals surface area contributed by atoms with Gasteiger partial charge in [0.1, 0.15) is 6.04 Å². The first kappa shape index (κ1) is 26.5. The van der Waals surface area contributed by atoms with E-state index < -0.39 is 28.7 Å². The number of aliphatic hydroxyl groups is 1. The predicted molar refractivity (Wildman–Crippen MR) is 149 cm³/mol. The Balaban J connectivity index is 1.59. The third-order valence-corrected chi connectivity index (χ3v) is 11.4. The molecule has 3 aliphatic heterocycles. The number of carbonyl (C=O) groups excluding carboxylic acids is 3. The number of nitrogens with zero attached hydrogens (tertiary/aromatic N) is 1. The lowest BCUT2D eigenvalue weighted by Gasteiger charge is -2.37. The van der Waals surface area contributed by atoms with Crippen LogP contribution in [0, 0.1) is 18.8 Å². The highest BCUT2D eigenvalue weighted by atomic mass is 79.9. The summed E-state index contributed by atoms with van der Waals surface area (Å²) in [5.41, 5.74) is 2.25. The minimum absolute atomic E-state index is 0.0251. The number of amides is 3. The number of likely N-dealkylation sites (tertiary alicyclic amines) is 1. The SMILES string of the molecule is CNC(=O)[C@H]1[C@H]2C(=O)N([C@@H](CO)Cc3ccccc3)C(C(=O)Nc3c(C)cccc3Cl)C23CC(Br)[C@@H]1S3. The van der Waals surface area contributed by atoms with E-state index in [-0.39, 0.29) is 34.4 Å². The molecule has 196 valence electrons. The maximum atomic E-state index is 14.2. The summed E-state index contributed by atoms with van der Waals surface area (Å²) in [6.45, 7) is 1.55. The number of rotatable bonds is 7. The summed E-state index contributed by atoms with van der Waals surface area (Å²) in [6, 6.07) is 13.5. The van der Waals surface area contributed by atoms with Gasteiger partial charge in [-0.2, -0.15) is 0 Å². The third-order valence-electron chi connectivity index (χ3n) is 7.91. The van der Waals surface area contributed by atoms with Crippen molar-refractivity contribution in [1.82, 2.24) is 10.2 Å². The molecule has 5 rings (SSSR count). The summed E-state index contributed by atoms with van der Waals surface area (Å²) in [7, 11) is 1.57. The van der Waals surface area contributed by atoms with E-state index in [4.69, 9.17) is 11.6 Å². The van der Waals surface area contributed by atoms with Crippen molar-refractivity contribution in [2.24, 2.45) is 11.8 Å². The quantitative estimate of drug-likeness (QED) is 0.420. The Morgan fingerprint density at radius 3 is 2.59 bits per heavy atom. The number of benzene rings is 2. The van der Waals surface area contributed by atoms with Gasteiger partial charge in [0, 0.05) is 17.1 Å². The highest BCUT2D eigenvalue weighted by Crippen LogP contribution is 2.68. The topological polar surface area (TPSA) is 98.7 Å². The smallest absolute Gasteiger partial charge is 0.248 e. The van der Waals surface area contributed by atoms with Crippen LogP contribution in [0.5, 0.6) is 0 Å². The van der Waals surface area contributed by atoms with Gasteiger partial charge < -0.3 is 20.6 Å². The number of nitrogens with one attached hydrogen (secondary N) is 2. The molecule has 3 aliphatic rings. The molecule has 7 nitrogen and oxygen atoms in total. The number of anilines is 1. The maximum absolute atomic E-state index is 14.2. The van der Waals surface area contributed by atoms with Crippen LogP contribution in [0.2, 0.25) is 5.02 Å². The molecule has 2 bridgehead atoms. The van der Waals surface area contributed by atoms with Crippen LogP contribution in [-0.2, 0) is 20.8 Å². The summed E-state index contributed by atoms with van der Waals surface area (Å²) in [6.07, 6.45) is 0.947. The van der Waals surface area contributed by atoms with E-state index in [1.54, 1.807) is 29.8 Å². The van der Waals surface area contributed by atoms with Crippen LogP contribution in [0.1, 0.15) is 17.5 Å². The van der Waals surface area contributed by atoms with Crippen molar-refractivity contribution >= 4 is 62.7 Å². The molecule has 10 heteroatoms. The van der Waals surface area contributed by atoms with E-state index in [2.05, 4.69) is 26.6 Å². The fourth-order valence-electron chi connectivity index (χ4n) is 6.35.